The van der Waals surface area contributed by atoms with Gasteiger partial charge in [0.15, 0.2) is 12.0 Å². The Kier molecular flexibility index (Phi) is 15.1. The number of anilines is 2. The molecule has 0 aliphatic carbocycles. The number of ether oxygens (including phenoxy) is 6. The van der Waals surface area contributed by atoms with E-state index in [1.54, 1.807) is 6.92 Å². The lowest BCUT2D eigenvalue weighted by molar-refractivity contribution is -0.385. The fourth-order valence-corrected chi connectivity index (χ4v) is 4.43. The van der Waals surface area contributed by atoms with Crippen LogP contribution in [0.15, 0.2) is 47.2 Å². The first-order valence-corrected chi connectivity index (χ1v) is 16.2. The quantitative estimate of drug-likeness (QED) is 0.0525. The van der Waals surface area contributed by atoms with Gasteiger partial charge in [-0.1, -0.05) is 22.0 Å². The van der Waals surface area contributed by atoms with Crippen LogP contribution >= 0.6 is 15.9 Å². The van der Waals surface area contributed by atoms with E-state index in [1.165, 1.54) is 18.5 Å². The predicted molar refractivity (Wildman–Crippen MR) is 164 cm³/mol. The summed E-state index contributed by atoms with van der Waals surface area (Å²) in [6.45, 7) is 3.70. The van der Waals surface area contributed by atoms with E-state index in [-0.39, 0.29) is 57.7 Å². The molecular weight excluding hydrogens is 668 g/mol. The molecule has 0 radical (unpaired) electrons. The van der Waals surface area contributed by atoms with Crippen molar-refractivity contribution in [3.63, 3.8) is 0 Å². The number of hydrogen-bond acceptors (Lipinski definition) is 14. The fraction of sp³-hybridized carbons (Fsp3) is 0.481. The second-order valence-corrected chi connectivity index (χ2v) is 11.4. The van der Waals surface area contributed by atoms with E-state index in [9.17, 15) is 18.5 Å². The molecular formula is C27H35BrN4O11S. The summed E-state index contributed by atoms with van der Waals surface area (Å²) >= 11 is 3.42. The van der Waals surface area contributed by atoms with Gasteiger partial charge in [-0.25, -0.2) is 9.97 Å². The van der Waals surface area contributed by atoms with Crippen LogP contribution in [-0.4, -0.2) is 102 Å². The topological polar surface area (TPSA) is 180 Å². The number of fused-ring (bicyclic) bond motifs is 1. The van der Waals surface area contributed by atoms with Crippen molar-refractivity contribution < 1.29 is 45.9 Å². The number of nitro benzene ring substituents is 1. The zero-order chi connectivity index (χ0) is 31.8. The van der Waals surface area contributed by atoms with Crippen molar-refractivity contribution in [3.05, 3.63) is 57.3 Å². The average molecular weight is 704 g/mol. The molecule has 0 aliphatic rings. The number of nitrogens with one attached hydrogen (secondary N) is 1. The van der Waals surface area contributed by atoms with Crippen LogP contribution < -0.4 is 10.1 Å². The van der Waals surface area contributed by atoms with Gasteiger partial charge in [-0.15, -0.1) is 0 Å². The second-order valence-electron chi connectivity index (χ2n) is 8.88. The molecule has 2 aromatic carbocycles. The Morgan fingerprint density at radius 3 is 2.36 bits per heavy atom. The molecule has 0 spiro atoms. The molecule has 1 aromatic heterocycles. The average Bonchev–Trinajstić information content (AvgIpc) is 2.97. The Morgan fingerprint density at radius 2 is 1.68 bits per heavy atom. The lowest BCUT2D eigenvalue weighted by Gasteiger charge is -2.17. The van der Waals surface area contributed by atoms with E-state index in [2.05, 4.69) is 35.4 Å². The SMILES string of the molecule is CCOC(COCCOCCOCCOc1cc2ncnc(Nc3cccc(Br)c3)c2cc1[N+](=O)[O-])OCCOS(C)(=O)=O. The van der Waals surface area contributed by atoms with Crippen molar-refractivity contribution in [2.75, 3.05) is 77.6 Å². The number of halogens is 1. The molecule has 0 aliphatic heterocycles. The molecule has 3 aromatic rings. The van der Waals surface area contributed by atoms with Crippen molar-refractivity contribution in [1.82, 2.24) is 9.97 Å². The smallest absolute Gasteiger partial charge is 0.311 e. The molecule has 0 bridgehead atoms. The van der Waals surface area contributed by atoms with Crippen LogP contribution in [-0.2, 0) is 38.0 Å². The fourth-order valence-electron chi connectivity index (χ4n) is 3.66. The highest BCUT2D eigenvalue weighted by atomic mass is 79.9. The van der Waals surface area contributed by atoms with E-state index in [4.69, 9.17) is 28.4 Å². The lowest BCUT2D eigenvalue weighted by atomic mass is 10.2. The van der Waals surface area contributed by atoms with Gasteiger partial charge in [0.1, 0.15) is 18.8 Å². The van der Waals surface area contributed by atoms with E-state index in [1.807, 2.05) is 24.3 Å². The molecule has 17 heteroatoms. The summed E-state index contributed by atoms with van der Waals surface area (Å²) in [6, 6.07) is 10.4. The first-order chi connectivity index (χ1) is 21.2. The summed E-state index contributed by atoms with van der Waals surface area (Å²) in [4.78, 5) is 19.8. The predicted octanol–water partition coefficient (Wildman–Crippen LogP) is 3.83. The Bertz CT molecular complexity index is 1450. The number of aromatic nitrogens is 2. The van der Waals surface area contributed by atoms with Crippen LogP contribution in [0.4, 0.5) is 17.2 Å². The van der Waals surface area contributed by atoms with Crippen molar-refractivity contribution >= 4 is 54.1 Å². The molecule has 1 heterocycles. The van der Waals surface area contributed by atoms with Crippen LogP contribution in [0.25, 0.3) is 10.9 Å². The third-order valence-corrected chi connectivity index (χ3v) is 6.61. The Hall–Kier alpha value is -3.03. The third-order valence-electron chi connectivity index (χ3n) is 5.52. The molecule has 1 N–H and O–H groups in total. The number of hydrogen-bond donors (Lipinski definition) is 1. The molecule has 0 fully saturated rings. The maximum atomic E-state index is 11.8. The third kappa shape index (κ3) is 12.9. The minimum Gasteiger partial charge on any atom is -0.484 e. The number of nitrogens with zero attached hydrogens (tertiary/aromatic N) is 3. The van der Waals surface area contributed by atoms with E-state index >= 15 is 0 Å². The molecule has 1 unspecified atom stereocenters. The molecule has 0 amide bonds. The van der Waals surface area contributed by atoms with Gasteiger partial charge in [0.2, 0.25) is 0 Å². The maximum Gasteiger partial charge on any atom is 0.311 e. The molecule has 15 nitrogen and oxygen atoms in total. The molecule has 1 atom stereocenters. The summed E-state index contributed by atoms with van der Waals surface area (Å²) < 4.78 is 60.3. The first-order valence-electron chi connectivity index (χ1n) is 13.6. The largest absolute Gasteiger partial charge is 0.484 e. The second kappa shape index (κ2) is 18.7. The number of nitro groups is 1. The van der Waals surface area contributed by atoms with Gasteiger partial charge in [0, 0.05) is 28.9 Å². The van der Waals surface area contributed by atoms with Crippen LogP contribution in [0.2, 0.25) is 0 Å². The van der Waals surface area contributed by atoms with E-state index in [0.717, 1.165) is 16.4 Å². The van der Waals surface area contributed by atoms with Crippen molar-refractivity contribution in [3.8, 4) is 5.75 Å². The van der Waals surface area contributed by atoms with Gasteiger partial charge in [-0.3, -0.25) is 14.3 Å². The molecule has 44 heavy (non-hydrogen) atoms. The molecule has 0 saturated carbocycles. The normalized spacial score (nSPS) is 12.3. The van der Waals surface area contributed by atoms with Gasteiger partial charge >= 0.3 is 5.69 Å². The van der Waals surface area contributed by atoms with Crippen molar-refractivity contribution in [2.24, 2.45) is 0 Å². The first kappa shape index (κ1) is 35.4. The van der Waals surface area contributed by atoms with Gasteiger partial charge < -0.3 is 33.7 Å². The minimum absolute atomic E-state index is 0.0346. The van der Waals surface area contributed by atoms with Crippen LogP contribution in [0.1, 0.15) is 6.92 Å². The Labute approximate surface area is 263 Å². The summed E-state index contributed by atoms with van der Waals surface area (Å²) in [5, 5.41) is 15.4. The molecule has 242 valence electrons. The highest BCUT2D eigenvalue weighted by Crippen LogP contribution is 2.34. The van der Waals surface area contributed by atoms with Gasteiger partial charge in [-0.05, 0) is 25.1 Å². The lowest BCUT2D eigenvalue weighted by Crippen LogP contribution is -2.26. The van der Waals surface area contributed by atoms with E-state index < -0.39 is 21.3 Å². The summed E-state index contributed by atoms with van der Waals surface area (Å²) in [6.07, 6.45) is 1.68. The standard InChI is InChI=1S/C27H35BrN4O11S/c1-3-40-26(42-13-14-43-44(2,35)36)18-39-10-9-37-7-8-38-11-12-41-25-17-23-22(16-24(25)32(33)34)27(30-19-29-23)31-21-6-4-5-20(28)15-21/h4-6,15-17,19,26H,3,7-14,18H2,1-2H3,(H,29,30,31). The highest BCUT2D eigenvalue weighted by Gasteiger charge is 2.19. The number of benzene rings is 2. The minimum atomic E-state index is -3.53. The molecule has 3 rings (SSSR count). The summed E-state index contributed by atoms with van der Waals surface area (Å²) in [5.41, 5.74) is 1.02. The van der Waals surface area contributed by atoms with Crippen LogP contribution in [0.5, 0.6) is 5.75 Å². The van der Waals surface area contributed by atoms with Crippen molar-refractivity contribution in [1.29, 1.82) is 0 Å². The summed E-state index contributed by atoms with van der Waals surface area (Å²) in [5.74, 6) is 0.500. The van der Waals surface area contributed by atoms with Crippen LogP contribution in [0.3, 0.4) is 0 Å². The maximum absolute atomic E-state index is 11.8. The van der Waals surface area contributed by atoms with Crippen molar-refractivity contribution in [2.45, 2.75) is 13.2 Å². The van der Waals surface area contributed by atoms with Crippen LogP contribution in [0, 0.1) is 10.1 Å². The van der Waals surface area contributed by atoms with Gasteiger partial charge in [0.05, 0.1) is 74.9 Å². The number of rotatable bonds is 22. The highest BCUT2D eigenvalue weighted by molar-refractivity contribution is 9.10. The zero-order valence-electron chi connectivity index (χ0n) is 24.3. The van der Waals surface area contributed by atoms with Gasteiger partial charge in [0.25, 0.3) is 10.1 Å². The van der Waals surface area contributed by atoms with E-state index in [0.29, 0.717) is 36.5 Å². The monoisotopic (exact) mass is 702 g/mol. The molecule has 0 saturated heterocycles. The Morgan fingerprint density at radius 1 is 0.955 bits per heavy atom. The summed E-state index contributed by atoms with van der Waals surface area (Å²) in [7, 11) is -3.53. The zero-order valence-corrected chi connectivity index (χ0v) is 26.7. The Balaban J connectivity index is 1.35. The van der Waals surface area contributed by atoms with Gasteiger partial charge in [-0.2, -0.15) is 8.42 Å².